The van der Waals surface area contributed by atoms with Crippen molar-refractivity contribution in [3.63, 3.8) is 0 Å². The van der Waals surface area contributed by atoms with E-state index in [1.54, 1.807) is 23.5 Å². The fraction of sp³-hybridized carbons (Fsp3) is 0.261. The Morgan fingerprint density at radius 2 is 1.87 bits per heavy atom. The summed E-state index contributed by atoms with van der Waals surface area (Å²) in [5.41, 5.74) is 2.10. The van der Waals surface area contributed by atoms with Crippen molar-refractivity contribution in [3.8, 4) is 0 Å². The van der Waals surface area contributed by atoms with E-state index in [1.165, 1.54) is 6.07 Å². The van der Waals surface area contributed by atoms with Gasteiger partial charge in [-0.25, -0.2) is 13.1 Å². The monoisotopic (exact) mass is 440 g/mol. The summed E-state index contributed by atoms with van der Waals surface area (Å²) in [4.78, 5) is 16.5. The predicted octanol–water partition coefficient (Wildman–Crippen LogP) is 4.34. The first-order valence-electron chi connectivity index (χ1n) is 9.91. The molecule has 3 aromatic rings. The first-order valence-corrected chi connectivity index (χ1v) is 12.3. The fourth-order valence-electron chi connectivity index (χ4n) is 3.33. The van der Waals surface area contributed by atoms with Crippen molar-refractivity contribution in [3.05, 3.63) is 87.6 Å². The van der Waals surface area contributed by atoms with E-state index in [2.05, 4.69) is 4.72 Å². The van der Waals surface area contributed by atoms with Crippen LogP contribution in [0.1, 0.15) is 39.2 Å². The summed E-state index contributed by atoms with van der Waals surface area (Å²) in [5, 5.41) is 2.00. The van der Waals surface area contributed by atoms with Gasteiger partial charge in [-0.2, -0.15) is 0 Å². The highest BCUT2D eigenvalue weighted by molar-refractivity contribution is 7.89. The molecule has 0 spiro atoms. The van der Waals surface area contributed by atoms with Crippen LogP contribution >= 0.6 is 11.3 Å². The van der Waals surface area contributed by atoms with Crippen molar-refractivity contribution < 1.29 is 13.2 Å². The van der Waals surface area contributed by atoms with Gasteiger partial charge in [0.05, 0.1) is 11.4 Å². The minimum Gasteiger partial charge on any atom is -0.331 e. The van der Waals surface area contributed by atoms with Crippen LogP contribution in [0.15, 0.2) is 70.9 Å². The highest BCUT2D eigenvalue weighted by atomic mass is 32.2. The largest absolute Gasteiger partial charge is 0.331 e. The summed E-state index contributed by atoms with van der Waals surface area (Å²) >= 11 is 1.63. The minimum atomic E-state index is -3.73. The number of amides is 1. The summed E-state index contributed by atoms with van der Waals surface area (Å²) in [5.74, 6) is -0.108. The number of hydrogen-bond acceptors (Lipinski definition) is 4. The van der Waals surface area contributed by atoms with Crippen LogP contribution < -0.4 is 4.72 Å². The number of aryl methyl sites for hydroxylation is 1. The van der Waals surface area contributed by atoms with Crippen LogP contribution in [0.5, 0.6) is 0 Å². The van der Waals surface area contributed by atoms with E-state index in [1.807, 2.05) is 59.7 Å². The second-order valence-electron chi connectivity index (χ2n) is 7.53. The van der Waals surface area contributed by atoms with Gasteiger partial charge in [0.25, 0.3) is 5.91 Å². The Bertz CT molecular complexity index is 1120. The number of nitrogens with one attached hydrogen (secondary N) is 1. The lowest BCUT2D eigenvalue weighted by Gasteiger charge is -2.23. The average molecular weight is 441 g/mol. The van der Waals surface area contributed by atoms with Crippen LogP contribution in [0.2, 0.25) is 0 Å². The summed E-state index contributed by atoms with van der Waals surface area (Å²) < 4.78 is 28.3. The van der Waals surface area contributed by atoms with Crippen molar-refractivity contribution >= 4 is 27.3 Å². The molecule has 1 aromatic heterocycles. The molecule has 0 bridgehead atoms. The van der Waals surface area contributed by atoms with Gasteiger partial charge in [-0.05, 0) is 54.5 Å². The molecule has 156 valence electrons. The van der Waals surface area contributed by atoms with E-state index in [0.717, 1.165) is 28.8 Å². The highest BCUT2D eigenvalue weighted by Crippen LogP contribution is 2.31. The van der Waals surface area contributed by atoms with E-state index >= 15 is 0 Å². The van der Waals surface area contributed by atoms with E-state index < -0.39 is 10.0 Å². The summed E-state index contributed by atoms with van der Waals surface area (Å²) in [6, 6.07) is 18.4. The van der Waals surface area contributed by atoms with E-state index in [-0.39, 0.29) is 23.4 Å². The van der Waals surface area contributed by atoms with Crippen molar-refractivity contribution in [2.75, 3.05) is 0 Å². The highest BCUT2D eigenvalue weighted by Gasteiger charge is 2.34. The molecule has 0 saturated heterocycles. The predicted molar refractivity (Wildman–Crippen MR) is 119 cm³/mol. The van der Waals surface area contributed by atoms with Crippen molar-refractivity contribution in [1.82, 2.24) is 9.62 Å². The summed E-state index contributed by atoms with van der Waals surface area (Å²) in [6.45, 7) is 2.61. The lowest BCUT2D eigenvalue weighted by molar-refractivity contribution is 0.0730. The van der Waals surface area contributed by atoms with Crippen molar-refractivity contribution in [2.24, 2.45) is 0 Å². The summed E-state index contributed by atoms with van der Waals surface area (Å²) in [6.07, 6.45) is 1.99. The Kier molecular flexibility index (Phi) is 6.04. The van der Waals surface area contributed by atoms with Crippen molar-refractivity contribution in [2.45, 2.75) is 43.8 Å². The number of sulfonamides is 1. The zero-order chi connectivity index (χ0) is 21.1. The number of hydrogen-bond donors (Lipinski definition) is 1. The zero-order valence-corrected chi connectivity index (χ0v) is 18.4. The van der Waals surface area contributed by atoms with E-state index in [9.17, 15) is 13.2 Å². The Morgan fingerprint density at radius 1 is 1.10 bits per heavy atom. The Hall–Kier alpha value is -2.48. The number of rotatable bonds is 8. The van der Waals surface area contributed by atoms with Crippen LogP contribution in [0.25, 0.3) is 0 Å². The Balaban J connectivity index is 1.56. The smallest absolute Gasteiger partial charge is 0.254 e. The Morgan fingerprint density at radius 3 is 2.53 bits per heavy atom. The second-order valence-corrected chi connectivity index (χ2v) is 10.3. The van der Waals surface area contributed by atoms with Gasteiger partial charge in [-0.1, -0.05) is 42.5 Å². The zero-order valence-electron chi connectivity index (χ0n) is 16.7. The molecule has 1 N–H and O–H groups in total. The molecule has 1 heterocycles. The molecule has 0 unspecified atom stereocenters. The molecule has 4 rings (SSSR count). The standard InChI is InChI=1S/C23H24N2O3S2/c1-17-9-12-21(30(27,28)24-15-18-6-3-2-4-7-18)14-22(17)23(26)25(19-10-11-19)16-20-8-5-13-29-20/h2-9,12-14,19,24H,10-11,15-16H2,1H3. The fourth-order valence-corrected chi connectivity index (χ4v) is 5.08. The maximum Gasteiger partial charge on any atom is 0.254 e. The number of nitrogens with zero attached hydrogens (tertiary/aromatic N) is 1. The molecule has 0 radical (unpaired) electrons. The Labute approximate surface area is 181 Å². The molecule has 7 heteroatoms. The van der Waals surface area contributed by atoms with Gasteiger partial charge in [-0.3, -0.25) is 4.79 Å². The van der Waals surface area contributed by atoms with Crippen LogP contribution in [-0.2, 0) is 23.1 Å². The maximum absolute atomic E-state index is 13.3. The van der Waals surface area contributed by atoms with Crippen LogP contribution in [0, 0.1) is 6.92 Å². The second kappa shape index (κ2) is 8.71. The number of carbonyl (C=O) groups is 1. The van der Waals surface area contributed by atoms with Gasteiger partial charge < -0.3 is 4.90 Å². The van der Waals surface area contributed by atoms with Gasteiger partial charge >= 0.3 is 0 Å². The lowest BCUT2D eigenvalue weighted by atomic mass is 10.1. The van der Waals surface area contributed by atoms with E-state index in [0.29, 0.717) is 12.1 Å². The third-order valence-corrected chi connectivity index (χ3v) is 7.47. The molecule has 1 aliphatic carbocycles. The molecule has 5 nitrogen and oxygen atoms in total. The molecule has 1 amide bonds. The number of benzene rings is 2. The third kappa shape index (κ3) is 4.80. The quantitative estimate of drug-likeness (QED) is 0.567. The molecular weight excluding hydrogens is 416 g/mol. The first kappa shape index (κ1) is 20.8. The third-order valence-electron chi connectivity index (χ3n) is 5.21. The van der Waals surface area contributed by atoms with Gasteiger partial charge in [0, 0.05) is 23.0 Å². The van der Waals surface area contributed by atoms with Crippen LogP contribution in [0.3, 0.4) is 0 Å². The molecule has 0 atom stereocenters. The molecule has 1 fully saturated rings. The van der Waals surface area contributed by atoms with Crippen molar-refractivity contribution in [1.29, 1.82) is 0 Å². The van der Waals surface area contributed by atoms with Gasteiger partial charge in [0.2, 0.25) is 10.0 Å². The average Bonchev–Trinajstić information content (AvgIpc) is 3.46. The summed E-state index contributed by atoms with van der Waals surface area (Å²) in [7, 11) is -3.73. The van der Waals surface area contributed by atoms with Gasteiger partial charge in [0.15, 0.2) is 0 Å². The molecule has 30 heavy (non-hydrogen) atoms. The number of carbonyl (C=O) groups excluding carboxylic acids is 1. The molecule has 0 aliphatic heterocycles. The van der Waals surface area contributed by atoms with Crippen LogP contribution in [0.4, 0.5) is 0 Å². The van der Waals surface area contributed by atoms with Gasteiger partial charge in [0.1, 0.15) is 0 Å². The molecule has 1 saturated carbocycles. The van der Waals surface area contributed by atoms with Gasteiger partial charge in [-0.15, -0.1) is 11.3 Å². The lowest BCUT2D eigenvalue weighted by Crippen LogP contribution is -2.33. The maximum atomic E-state index is 13.3. The number of thiophene rings is 1. The van der Waals surface area contributed by atoms with Crippen LogP contribution in [-0.4, -0.2) is 25.3 Å². The SMILES string of the molecule is Cc1ccc(S(=O)(=O)NCc2ccccc2)cc1C(=O)N(Cc1cccs1)C1CC1. The molecular formula is C23H24N2O3S2. The minimum absolute atomic E-state index is 0.108. The topological polar surface area (TPSA) is 66.5 Å². The molecule has 2 aromatic carbocycles. The van der Waals surface area contributed by atoms with E-state index in [4.69, 9.17) is 0 Å². The first-order chi connectivity index (χ1) is 14.4. The molecule has 1 aliphatic rings. The normalized spacial score (nSPS) is 13.9.